The number of likely N-dealkylation sites (tertiary alicyclic amines) is 1. The normalized spacial score (nSPS) is 15.8. The molecule has 1 unspecified atom stereocenters. The average molecular weight is 522 g/mol. The molecule has 0 aliphatic carbocycles. The Bertz CT molecular complexity index is 1130. The molecule has 9 nitrogen and oxygen atoms in total. The van der Waals surface area contributed by atoms with Gasteiger partial charge in [0.2, 0.25) is 5.91 Å². The molecular weight excluding hydrogens is 494 g/mol. The molecule has 1 aromatic carbocycles. The van der Waals surface area contributed by atoms with Gasteiger partial charge in [0.1, 0.15) is 11.6 Å². The fraction of sp³-hybridized carbons (Fsp3) is 0.417. The molecule has 2 heterocycles. The number of anilines is 1. The summed E-state index contributed by atoms with van der Waals surface area (Å²) in [4.78, 5) is 51.9. The molecule has 1 atom stereocenters. The van der Waals surface area contributed by atoms with E-state index in [-0.39, 0.29) is 5.91 Å². The Morgan fingerprint density at radius 1 is 1.14 bits per heavy atom. The Hall–Kier alpha value is -3.11. The van der Waals surface area contributed by atoms with Gasteiger partial charge in [-0.25, -0.2) is 9.59 Å². The van der Waals surface area contributed by atoms with E-state index < -0.39 is 29.6 Å². The highest BCUT2D eigenvalue weighted by Gasteiger charge is 2.34. The molecule has 3 amide bonds. The van der Waals surface area contributed by atoms with E-state index in [1.54, 1.807) is 56.0 Å². The fourth-order valence-electron chi connectivity index (χ4n) is 3.76. The van der Waals surface area contributed by atoms with Crippen LogP contribution in [0.15, 0.2) is 30.3 Å². The Balaban J connectivity index is 1.66. The second-order valence-corrected chi connectivity index (χ2v) is 10.4. The van der Waals surface area contributed by atoms with Crippen molar-refractivity contribution in [1.82, 2.24) is 10.2 Å². The van der Waals surface area contributed by atoms with Gasteiger partial charge in [-0.1, -0.05) is 22.9 Å². The fourth-order valence-corrected chi connectivity index (χ4v) is 4.63. The molecular formula is C24H28ClN3O6S. The highest BCUT2D eigenvalue weighted by atomic mass is 35.5. The van der Waals surface area contributed by atoms with Crippen LogP contribution in [0.5, 0.6) is 5.06 Å². The summed E-state index contributed by atoms with van der Waals surface area (Å²) >= 11 is 6.93. The van der Waals surface area contributed by atoms with Crippen LogP contribution in [-0.2, 0) is 14.3 Å². The first-order valence-electron chi connectivity index (χ1n) is 11.1. The summed E-state index contributed by atoms with van der Waals surface area (Å²) in [6, 6.07) is 7.46. The minimum Gasteiger partial charge on any atom is -0.467 e. The number of piperidine rings is 1. The number of ether oxygens (including phenoxy) is 2. The second-order valence-electron chi connectivity index (χ2n) is 8.72. The van der Waals surface area contributed by atoms with Gasteiger partial charge in [0.15, 0.2) is 5.06 Å². The molecule has 0 bridgehead atoms. The van der Waals surface area contributed by atoms with Crippen LogP contribution in [0.2, 0.25) is 4.34 Å². The summed E-state index contributed by atoms with van der Waals surface area (Å²) in [7, 11) is 1.32. The molecule has 1 aliphatic rings. The number of carbonyl (C=O) groups is 4. The Labute approximate surface area is 212 Å². The topological polar surface area (TPSA) is 114 Å². The third kappa shape index (κ3) is 6.52. The molecule has 2 N–H and O–H groups in total. The predicted octanol–water partition coefficient (Wildman–Crippen LogP) is 4.38. The SMILES string of the molecule is COC(=O)C1CCCCN1C(=O)c1ccc(NC(=O)C(C)(C)NC(=O)Oc2ccc(Cl)s2)cc1C. The van der Waals surface area contributed by atoms with Crippen LogP contribution < -0.4 is 15.4 Å². The molecule has 188 valence electrons. The number of esters is 1. The van der Waals surface area contributed by atoms with Crippen molar-refractivity contribution in [3.63, 3.8) is 0 Å². The quantitative estimate of drug-likeness (QED) is 0.545. The zero-order valence-electron chi connectivity index (χ0n) is 20.0. The van der Waals surface area contributed by atoms with E-state index in [0.717, 1.165) is 24.2 Å². The largest absolute Gasteiger partial charge is 0.467 e. The number of halogens is 1. The van der Waals surface area contributed by atoms with Gasteiger partial charge < -0.3 is 25.0 Å². The van der Waals surface area contributed by atoms with Crippen molar-refractivity contribution < 1.29 is 28.7 Å². The maximum atomic E-state index is 13.2. The maximum Gasteiger partial charge on any atom is 0.414 e. The number of benzene rings is 1. The van der Waals surface area contributed by atoms with Gasteiger partial charge in [0, 0.05) is 17.8 Å². The lowest BCUT2D eigenvalue weighted by Crippen LogP contribution is -2.53. The zero-order valence-corrected chi connectivity index (χ0v) is 21.5. The van der Waals surface area contributed by atoms with Crippen molar-refractivity contribution >= 4 is 52.5 Å². The molecule has 0 spiro atoms. The third-order valence-electron chi connectivity index (χ3n) is 5.68. The van der Waals surface area contributed by atoms with E-state index in [9.17, 15) is 19.2 Å². The summed E-state index contributed by atoms with van der Waals surface area (Å²) in [6.45, 7) is 5.31. The van der Waals surface area contributed by atoms with Gasteiger partial charge in [0.05, 0.1) is 11.4 Å². The highest BCUT2D eigenvalue weighted by Crippen LogP contribution is 2.28. The van der Waals surface area contributed by atoms with Crippen molar-refractivity contribution in [2.45, 2.75) is 51.6 Å². The van der Waals surface area contributed by atoms with E-state index in [0.29, 0.717) is 39.2 Å². The van der Waals surface area contributed by atoms with E-state index in [1.807, 2.05) is 0 Å². The van der Waals surface area contributed by atoms with E-state index in [1.165, 1.54) is 7.11 Å². The standard InChI is InChI=1S/C24H28ClN3O6S/c1-14-13-15(8-9-16(14)20(29)28-12-6-5-7-17(28)21(30)33-4)26-22(31)24(2,3)27-23(32)34-19-11-10-18(25)35-19/h8-11,13,17H,5-7,12H2,1-4H3,(H,26,31)(H,27,32). The summed E-state index contributed by atoms with van der Waals surface area (Å²) in [6.07, 6.45) is 1.44. The van der Waals surface area contributed by atoms with Crippen LogP contribution in [-0.4, -0.2) is 54.0 Å². The smallest absolute Gasteiger partial charge is 0.414 e. The molecule has 1 aliphatic heterocycles. The van der Waals surface area contributed by atoms with Crippen molar-refractivity contribution in [3.8, 4) is 5.06 Å². The number of rotatable bonds is 6. The van der Waals surface area contributed by atoms with E-state index in [2.05, 4.69) is 10.6 Å². The van der Waals surface area contributed by atoms with E-state index >= 15 is 0 Å². The zero-order chi connectivity index (χ0) is 25.8. The van der Waals surface area contributed by atoms with Crippen LogP contribution in [0, 0.1) is 6.92 Å². The number of hydrogen-bond donors (Lipinski definition) is 2. The van der Waals surface area contributed by atoms with Gasteiger partial charge in [0.25, 0.3) is 5.91 Å². The van der Waals surface area contributed by atoms with Crippen molar-refractivity contribution in [2.24, 2.45) is 0 Å². The molecule has 3 rings (SSSR count). The van der Waals surface area contributed by atoms with Crippen LogP contribution >= 0.6 is 22.9 Å². The maximum absolute atomic E-state index is 13.2. The lowest BCUT2D eigenvalue weighted by Gasteiger charge is -2.34. The summed E-state index contributed by atoms with van der Waals surface area (Å²) < 4.78 is 10.5. The molecule has 1 aromatic heterocycles. The minimum atomic E-state index is -1.29. The number of amides is 3. The molecule has 35 heavy (non-hydrogen) atoms. The number of thiophene rings is 1. The molecule has 0 radical (unpaired) electrons. The van der Waals surface area contributed by atoms with Crippen LogP contribution in [0.1, 0.15) is 49.0 Å². The van der Waals surface area contributed by atoms with Crippen LogP contribution in [0.4, 0.5) is 10.5 Å². The molecule has 1 saturated heterocycles. The first kappa shape index (κ1) is 26.5. The predicted molar refractivity (Wildman–Crippen MR) is 133 cm³/mol. The number of aryl methyl sites for hydroxylation is 1. The first-order chi connectivity index (χ1) is 16.5. The second kappa shape index (κ2) is 11.1. The molecule has 11 heteroatoms. The Morgan fingerprint density at radius 2 is 1.89 bits per heavy atom. The lowest BCUT2D eigenvalue weighted by atomic mass is 9.99. The molecule has 0 saturated carbocycles. The van der Waals surface area contributed by atoms with Gasteiger partial charge in [-0.05, 0) is 75.9 Å². The lowest BCUT2D eigenvalue weighted by molar-refractivity contribution is -0.147. The Morgan fingerprint density at radius 3 is 2.51 bits per heavy atom. The number of nitrogens with zero attached hydrogens (tertiary/aromatic N) is 1. The monoisotopic (exact) mass is 521 g/mol. The third-order valence-corrected chi connectivity index (χ3v) is 6.78. The number of carbonyl (C=O) groups excluding carboxylic acids is 4. The van der Waals surface area contributed by atoms with Gasteiger partial charge in [-0.3, -0.25) is 9.59 Å². The number of nitrogens with one attached hydrogen (secondary N) is 2. The molecule has 1 fully saturated rings. The van der Waals surface area contributed by atoms with Crippen LogP contribution in [0.3, 0.4) is 0 Å². The van der Waals surface area contributed by atoms with Gasteiger partial charge in [-0.2, -0.15) is 0 Å². The van der Waals surface area contributed by atoms with Crippen molar-refractivity contribution in [2.75, 3.05) is 19.0 Å². The van der Waals surface area contributed by atoms with E-state index in [4.69, 9.17) is 21.1 Å². The highest BCUT2D eigenvalue weighted by molar-refractivity contribution is 7.17. The number of hydrogen-bond acceptors (Lipinski definition) is 7. The van der Waals surface area contributed by atoms with Gasteiger partial charge in [-0.15, -0.1) is 0 Å². The number of methoxy groups -OCH3 is 1. The van der Waals surface area contributed by atoms with Crippen molar-refractivity contribution in [3.05, 3.63) is 45.8 Å². The summed E-state index contributed by atoms with van der Waals surface area (Å²) in [5.41, 5.74) is 0.249. The Kier molecular flexibility index (Phi) is 8.39. The molecule has 2 aromatic rings. The van der Waals surface area contributed by atoms with Crippen molar-refractivity contribution in [1.29, 1.82) is 0 Å². The summed E-state index contributed by atoms with van der Waals surface area (Å²) in [5.74, 6) is -1.15. The summed E-state index contributed by atoms with van der Waals surface area (Å²) in [5, 5.41) is 5.59. The van der Waals surface area contributed by atoms with Crippen LogP contribution in [0.25, 0.3) is 0 Å². The first-order valence-corrected chi connectivity index (χ1v) is 12.3. The average Bonchev–Trinajstić information content (AvgIpc) is 3.21. The minimum absolute atomic E-state index is 0.256. The van der Waals surface area contributed by atoms with Gasteiger partial charge >= 0.3 is 12.1 Å².